The minimum atomic E-state index is -0.128. The minimum Gasteiger partial charge on any atom is -0.467 e. The highest BCUT2D eigenvalue weighted by Crippen LogP contribution is 2.19. The summed E-state index contributed by atoms with van der Waals surface area (Å²) in [4.78, 5) is 20.6. The number of aromatic nitrogens is 2. The number of amides is 1. The summed E-state index contributed by atoms with van der Waals surface area (Å²) < 4.78 is 5.54. The maximum absolute atomic E-state index is 11.7. The highest BCUT2D eigenvalue weighted by atomic mass is 16.5. The summed E-state index contributed by atoms with van der Waals surface area (Å²) in [6, 6.07) is 11.5. The van der Waals surface area contributed by atoms with Crippen molar-refractivity contribution in [1.82, 2.24) is 15.3 Å². The van der Waals surface area contributed by atoms with Gasteiger partial charge in [0.05, 0.1) is 0 Å². The van der Waals surface area contributed by atoms with Crippen LogP contribution in [0.4, 0.5) is 0 Å². The average molecular weight is 313 g/mol. The van der Waals surface area contributed by atoms with E-state index < -0.39 is 0 Å². The number of benzene rings is 1. The molecule has 122 valence electrons. The minimum absolute atomic E-state index is 0.0297. The van der Waals surface area contributed by atoms with Crippen molar-refractivity contribution in [2.24, 2.45) is 0 Å². The number of hydrogen-bond donors (Lipinski definition) is 1. The first-order chi connectivity index (χ1) is 11.2. The molecule has 1 heterocycles. The number of nitrogens with one attached hydrogen (secondary N) is 1. The van der Waals surface area contributed by atoms with Gasteiger partial charge in [-0.1, -0.05) is 50.6 Å². The van der Waals surface area contributed by atoms with E-state index in [-0.39, 0.29) is 12.5 Å². The molecule has 0 saturated heterocycles. The van der Waals surface area contributed by atoms with Crippen LogP contribution in [0.5, 0.6) is 5.88 Å². The lowest BCUT2D eigenvalue weighted by molar-refractivity contribution is -0.123. The summed E-state index contributed by atoms with van der Waals surface area (Å²) >= 11 is 0. The molecule has 0 bridgehead atoms. The lowest BCUT2D eigenvalue weighted by Gasteiger charge is -2.09. The Hall–Kier alpha value is -2.43. The predicted molar refractivity (Wildman–Crippen MR) is 90.3 cm³/mol. The van der Waals surface area contributed by atoms with Crippen LogP contribution in [-0.2, 0) is 11.2 Å². The van der Waals surface area contributed by atoms with Gasteiger partial charge < -0.3 is 10.1 Å². The van der Waals surface area contributed by atoms with Crippen molar-refractivity contribution in [3.63, 3.8) is 0 Å². The van der Waals surface area contributed by atoms with Crippen molar-refractivity contribution in [3.05, 3.63) is 42.1 Å². The molecular formula is C18H23N3O2. The van der Waals surface area contributed by atoms with Crippen LogP contribution in [0.2, 0.25) is 0 Å². The molecule has 1 amide bonds. The number of nitrogens with zero attached hydrogens (tertiary/aromatic N) is 2. The second kappa shape index (κ2) is 8.88. The van der Waals surface area contributed by atoms with Gasteiger partial charge in [0.25, 0.3) is 5.91 Å². The number of unbranched alkanes of at least 4 members (excludes halogenated alkanes) is 1. The molecule has 23 heavy (non-hydrogen) atoms. The molecule has 1 N–H and O–H groups in total. The van der Waals surface area contributed by atoms with Crippen LogP contribution in [-0.4, -0.2) is 29.0 Å². The van der Waals surface area contributed by atoms with Crippen LogP contribution in [0, 0.1) is 0 Å². The summed E-state index contributed by atoms with van der Waals surface area (Å²) in [5.41, 5.74) is 1.82. The molecule has 0 atom stereocenters. The number of aryl methyl sites for hydroxylation is 1. The highest BCUT2D eigenvalue weighted by molar-refractivity contribution is 5.77. The monoisotopic (exact) mass is 313 g/mol. The van der Waals surface area contributed by atoms with Gasteiger partial charge in [0.15, 0.2) is 12.4 Å². The van der Waals surface area contributed by atoms with E-state index in [4.69, 9.17) is 4.74 Å². The molecule has 0 unspecified atom stereocenters. The Labute approximate surface area is 137 Å². The van der Waals surface area contributed by atoms with Crippen LogP contribution in [0.1, 0.15) is 32.4 Å². The summed E-state index contributed by atoms with van der Waals surface area (Å²) in [6.45, 7) is 4.76. The fourth-order valence-electron chi connectivity index (χ4n) is 2.04. The largest absolute Gasteiger partial charge is 0.467 e. The first-order valence-corrected chi connectivity index (χ1v) is 8.05. The molecule has 0 saturated carbocycles. The number of carbonyl (C=O) groups excluding carboxylic acids is 1. The molecular weight excluding hydrogens is 290 g/mol. The predicted octanol–water partition coefficient (Wildman–Crippen LogP) is 3.00. The van der Waals surface area contributed by atoms with Crippen molar-refractivity contribution >= 4 is 5.91 Å². The van der Waals surface area contributed by atoms with Gasteiger partial charge in [0.2, 0.25) is 5.88 Å². The van der Waals surface area contributed by atoms with E-state index in [2.05, 4.69) is 22.2 Å². The van der Waals surface area contributed by atoms with E-state index in [9.17, 15) is 4.79 Å². The Bertz CT molecular complexity index is 629. The summed E-state index contributed by atoms with van der Waals surface area (Å²) in [5.74, 6) is 0.920. The molecule has 2 aromatic rings. The number of carbonyl (C=O) groups is 1. The molecule has 5 heteroatoms. The van der Waals surface area contributed by atoms with Crippen molar-refractivity contribution in [2.75, 3.05) is 13.2 Å². The number of rotatable bonds is 8. The van der Waals surface area contributed by atoms with Gasteiger partial charge in [-0.2, -0.15) is 4.98 Å². The Morgan fingerprint density at radius 1 is 1.17 bits per heavy atom. The van der Waals surface area contributed by atoms with Gasteiger partial charge in [-0.3, -0.25) is 4.79 Å². The van der Waals surface area contributed by atoms with E-state index in [1.807, 2.05) is 37.3 Å². The molecule has 1 aromatic heterocycles. The van der Waals surface area contributed by atoms with Crippen LogP contribution in [0.25, 0.3) is 11.4 Å². The van der Waals surface area contributed by atoms with Crippen molar-refractivity contribution in [3.8, 4) is 17.3 Å². The summed E-state index contributed by atoms with van der Waals surface area (Å²) in [6.07, 6.45) is 2.80. The maximum atomic E-state index is 11.7. The van der Waals surface area contributed by atoms with Crippen LogP contribution in [0.15, 0.2) is 36.4 Å². The molecule has 0 fully saturated rings. The molecule has 2 rings (SSSR count). The second-order valence-corrected chi connectivity index (χ2v) is 5.23. The third-order valence-corrected chi connectivity index (χ3v) is 3.35. The first-order valence-electron chi connectivity index (χ1n) is 8.05. The highest BCUT2D eigenvalue weighted by Gasteiger charge is 2.08. The van der Waals surface area contributed by atoms with E-state index >= 15 is 0 Å². The standard InChI is InChI=1S/C18H23N3O2/c1-3-5-11-19-16(22)13-23-17-12-15(4-2)20-18(21-17)14-9-7-6-8-10-14/h6-10,12H,3-5,11,13H2,1-2H3,(H,19,22). The average Bonchev–Trinajstić information content (AvgIpc) is 2.60. The Kier molecular flexibility index (Phi) is 6.54. The zero-order chi connectivity index (χ0) is 16.5. The lowest BCUT2D eigenvalue weighted by Crippen LogP contribution is -2.29. The van der Waals surface area contributed by atoms with Crippen molar-refractivity contribution < 1.29 is 9.53 Å². The van der Waals surface area contributed by atoms with Gasteiger partial charge in [0, 0.05) is 23.9 Å². The van der Waals surface area contributed by atoms with Crippen molar-refractivity contribution in [1.29, 1.82) is 0 Å². The first kappa shape index (κ1) is 16.9. The zero-order valence-electron chi connectivity index (χ0n) is 13.7. The third-order valence-electron chi connectivity index (χ3n) is 3.35. The number of ether oxygens (including phenoxy) is 1. The molecule has 0 aliphatic rings. The van der Waals surface area contributed by atoms with E-state index in [0.717, 1.165) is 30.5 Å². The van der Waals surface area contributed by atoms with Gasteiger partial charge in [-0.25, -0.2) is 4.98 Å². The zero-order valence-corrected chi connectivity index (χ0v) is 13.7. The molecule has 0 aliphatic heterocycles. The summed E-state index contributed by atoms with van der Waals surface area (Å²) in [7, 11) is 0. The lowest BCUT2D eigenvalue weighted by atomic mass is 10.2. The Morgan fingerprint density at radius 3 is 2.65 bits per heavy atom. The van der Waals surface area contributed by atoms with Gasteiger partial charge in [-0.15, -0.1) is 0 Å². The van der Waals surface area contributed by atoms with Gasteiger partial charge >= 0.3 is 0 Å². The molecule has 0 radical (unpaired) electrons. The quantitative estimate of drug-likeness (QED) is 0.761. The topological polar surface area (TPSA) is 64.1 Å². The Balaban J connectivity index is 2.05. The van der Waals surface area contributed by atoms with Gasteiger partial charge in [-0.05, 0) is 12.8 Å². The molecule has 5 nitrogen and oxygen atoms in total. The van der Waals surface area contributed by atoms with Crippen LogP contribution < -0.4 is 10.1 Å². The molecule has 1 aromatic carbocycles. The normalized spacial score (nSPS) is 10.3. The van der Waals surface area contributed by atoms with Crippen molar-refractivity contribution in [2.45, 2.75) is 33.1 Å². The van der Waals surface area contributed by atoms with E-state index in [0.29, 0.717) is 18.2 Å². The van der Waals surface area contributed by atoms with E-state index in [1.165, 1.54) is 0 Å². The molecule has 0 spiro atoms. The summed E-state index contributed by atoms with van der Waals surface area (Å²) in [5, 5.41) is 2.82. The fraction of sp³-hybridized carbons (Fsp3) is 0.389. The number of hydrogen-bond acceptors (Lipinski definition) is 4. The van der Waals surface area contributed by atoms with E-state index in [1.54, 1.807) is 6.07 Å². The van der Waals surface area contributed by atoms with Crippen LogP contribution in [0.3, 0.4) is 0 Å². The SMILES string of the molecule is CCCCNC(=O)COc1cc(CC)nc(-c2ccccc2)n1. The smallest absolute Gasteiger partial charge is 0.258 e. The van der Waals surface area contributed by atoms with Gasteiger partial charge in [0.1, 0.15) is 0 Å². The second-order valence-electron chi connectivity index (χ2n) is 5.23. The Morgan fingerprint density at radius 2 is 1.96 bits per heavy atom. The third kappa shape index (κ3) is 5.36. The molecule has 0 aliphatic carbocycles. The maximum Gasteiger partial charge on any atom is 0.258 e. The van der Waals surface area contributed by atoms with Crippen LogP contribution >= 0.6 is 0 Å². The fourth-order valence-corrected chi connectivity index (χ4v) is 2.04.